The van der Waals surface area contributed by atoms with E-state index in [1.807, 2.05) is 11.8 Å². The summed E-state index contributed by atoms with van der Waals surface area (Å²) >= 11 is 0. The highest BCUT2D eigenvalue weighted by molar-refractivity contribution is 5.83. The van der Waals surface area contributed by atoms with Crippen molar-refractivity contribution < 1.29 is 9.59 Å². The second-order valence-electron chi connectivity index (χ2n) is 4.63. The standard InChI is InChI=1S/C12H23N3O2/c1-4-14(10-11(16)13(2)3)12(17)15-8-6-5-7-9-15/h4-10H2,1-3H3. The van der Waals surface area contributed by atoms with Gasteiger partial charge in [0.2, 0.25) is 5.91 Å². The molecule has 0 aromatic carbocycles. The van der Waals surface area contributed by atoms with E-state index in [2.05, 4.69) is 0 Å². The number of hydrogen-bond donors (Lipinski definition) is 0. The van der Waals surface area contributed by atoms with Crippen molar-refractivity contribution in [3.05, 3.63) is 0 Å². The molecule has 1 heterocycles. The van der Waals surface area contributed by atoms with Crippen molar-refractivity contribution in [3.8, 4) is 0 Å². The molecule has 0 spiro atoms. The van der Waals surface area contributed by atoms with E-state index in [0.717, 1.165) is 25.9 Å². The van der Waals surface area contributed by atoms with Gasteiger partial charge in [-0.3, -0.25) is 4.79 Å². The molecule has 0 radical (unpaired) electrons. The maximum absolute atomic E-state index is 12.2. The Kier molecular flexibility index (Phi) is 5.25. The molecule has 98 valence electrons. The monoisotopic (exact) mass is 241 g/mol. The summed E-state index contributed by atoms with van der Waals surface area (Å²) in [5, 5.41) is 0. The van der Waals surface area contributed by atoms with Gasteiger partial charge in [-0.2, -0.15) is 0 Å². The first-order valence-electron chi connectivity index (χ1n) is 6.30. The average molecular weight is 241 g/mol. The van der Waals surface area contributed by atoms with Crippen molar-refractivity contribution in [1.29, 1.82) is 0 Å². The summed E-state index contributed by atoms with van der Waals surface area (Å²) in [5.41, 5.74) is 0. The molecule has 0 aromatic rings. The average Bonchev–Trinajstić information content (AvgIpc) is 2.35. The largest absolute Gasteiger partial charge is 0.347 e. The fourth-order valence-electron chi connectivity index (χ4n) is 1.90. The molecule has 1 saturated heterocycles. The highest BCUT2D eigenvalue weighted by atomic mass is 16.2. The molecule has 3 amide bonds. The van der Waals surface area contributed by atoms with Crippen LogP contribution in [0.5, 0.6) is 0 Å². The smallest absolute Gasteiger partial charge is 0.320 e. The van der Waals surface area contributed by atoms with Gasteiger partial charge >= 0.3 is 6.03 Å². The van der Waals surface area contributed by atoms with Crippen LogP contribution in [0.2, 0.25) is 0 Å². The molecule has 0 aromatic heterocycles. The Morgan fingerprint density at radius 3 is 2.18 bits per heavy atom. The summed E-state index contributed by atoms with van der Waals surface area (Å²) < 4.78 is 0. The number of likely N-dealkylation sites (N-methyl/N-ethyl adjacent to an activating group) is 2. The molecule has 1 fully saturated rings. The van der Waals surface area contributed by atoms with Crippen molar-refractivity contribution in [2.45, 2.75) is 26.2 Å². The number of amides is 3. The predicted octanol–water partition coefficient (Wildman–Crippen LogP) is 1.00. The zero-order valence-corrected chi connectivity index (χ0v) is 11.1. The first-order valence-corrected chi connectivity index (χ1v) is 6.30. The Morgan fingerprint density at radius 2 is 1.71 bits per heavy atom. The van der Waals surface area contributed by atoms with Gasteiger partial charge in [0, 0.05) is 33.7 Å². The normalized spacial score (nSPS) is 15.6. The first kappa shape index (κ1) is 13.8. The van der Waals surface area contributed by atoms with E-state index in [0.29, 0.717) is 6.54 Å². The molecule has 0 N–H and O–H groups in total. The quantitative estimate of drug-likeness (QED) is 0.740. The molecule has 0 atom stereocenters. The van der Waals surface area contributed by atoms with Crippen molar-refractivity contribution in [3.63, 3.8) is 0 Å². The number of carbonyl (C=O) groups is 2. The molecule has 1 rings (SSSR count). The topological polar surface area (TPSA) is 43.9 Å². The maximum Gasteiger partial charge on any atom is 0.320 e. The lowest BCUT2D eigenvalue weighted by Gasteiger charge is -2.32. The Hall–Kier alpha value is -1.26. The summed E-state index contributed by atoms with van der Waals surface area (Å²) in [4.78, 5) is 28.8. The second kappa shape index (κ2) is 6.47. The molecule has 5 nitrogen and oxygen atoms in total. The van der Waals surface area contributed by atoms with Gasteiger partial charge in [-0.05, 0) is 26.2 Å². The minimum atomic E-state index is -0.0304. The van der Waals surface area contributed by atoms with Crippen LogP contribution in [-0.4, -0.2) is 66.9 Å². The summed E-state index contributed by atoms with van der Waals surface area (Å²) in [6.45, 7) is 4.31. The van der Waals surface area contributed by atoms with Gasteiger partial charge in [0.05, 0.1) is 0 Å². The maximum atomic E-state index is 12.2. The van der Waals surface area contributed by atoms with Crippen LogP contribution in [-0.2, 0) is 4.79 Å². The molecule has 1 aliphatic rings. The Balaban J connectivity index is 2.53. The molecule has 1 aliphatic heterocycles. The van der Waals surface area contributed by atoms with Crippen molar-refractivity contribution >= 4 is 11.9 Å². The van der Waals surface area contributed by atoms with Crippen LogP contribution < -0.4 is 0 Å². The van der Waals surface area contributed by atoms with E-state index >= 15 is 0 Å². The Morgan fingerprint density at radius 1 is 1.12 bits per heavy atom. The van der Waals surface area contributed by atoms with E-state index < -0.39 is 0 Å². The minimum Gasteiger partial charge on any atom is -0.347 e. The van der Waals surface area contributed by atoms with Gasteiger partial charge in [-0.1, -0.05) is 0 Å². The Labute approximate surface area is 103 Å². The number of hydrogen-bond acceptors (Lipinski definition) is 2. The fourth-order valence-corrected chi connectivity index (χ4v) is 1.90. The van der Waals surface area contributed by atoms with Gasteiger partial charge in [0.15, 0.2) is 0 Å². The Bertz CT molecular complexity index is 273. The molecular formula is C12H23N3O2. The van der Waals surface area contributed by atoms with E-state index in [1.165, 1.54) is 11.3 Å². The van der Waals surface area contributed by atoms with Crippen LogP contribution in [0.15, 0.2) is 0 Å². The highest BCUT2D eigenvalue weighted by Gasteiger charge is 2.23. The van der Waals surface area contributed by atoms with Crippen LogP contribution in [0, 0.1) is 0 Å². The van der Waals surface area contributed by atoms with Gasteiger partial charge in [-0.25, -0.2) is 4.79 Å². The first-order chi connectivity index (χ1) is 8.06. The van der Waals surface area contributed by atoms with Gasteiger partial charge < -0.3 is 14.7 Å². The van der Waals surface area contributed by atoms with Gasteiger partial charge in [-0.15, -0.1) is 0 Å². The van der Waals surface area contributed by atoms with Crippen molar-refractivity contribution in [1.82, 2.24) is 14.7 Å². The highest BCUT2D eigenvalue weighted by Crippen LogP contribution is 2.11. The minimum absolute atomic E-state index is 0.00222. The number of nitrogens with zero attached hydrogens (tertiary/aromatic N) is 3. The molecular weight excluding hydrogens is 218 g/mol. The second-order valence-corrected chi connectivity index (χ2v) is 4.63. The molecule has 17 heavy (non-hydrogen) atoms. The molecule has 5 heteroatoms. The van der Waals surface area contributed by atoms with Gasteiger partial charge in [0.25, 0.3) is 0 Å². The summed E-state index contributed by atoms with van der Waals surface area (Å²) in [7, 11) is 3.42. The van der Waals surface area contributed by atoms with Gasteiger partial charge in [0.1, 0.15) is 6.54 Å². The summed E-state index contributed by atoms with van der Waals surface area (Å²) in [5.74, 6) is -0.0304. The van der Waals surface area contributed by atoms with Crippen molar-refractivity contribution in [2.75, 3.05) is 40.3 Å². The van der Waals surface area contributed by atoms with E-state index in [1.54, 1.807) is 19.0 Å². The van der Waals surface area contributed by atoms with Crippen molar-refractivity contribution in [2.24, 2.45) is 0 Å². The zero-order valence-electron chi connectivity index (χ0n) is 11.1. The lowest BCUT2D eigenvalue weighted by atomic mass is 10.1. The number of likely N-dealkylation sites (tertiary alicyclic amines) is 1. The lowest BCUT2D eigenvalue weighted by molar-refractivity contribution is -0.129. The van der Waals surface area contributed by atoms with Crippen LogP contribution in [0.4, 0.5) is 4.79 Å². The summed E-state index contributed by atoms with van der Waals surface area (Å²) in [6, 6.07) is 0.00222. The predicted molar refractivity (Wildman–Crippen MR) is 66.8 cm³/mol. The van der Waals surface area contributed by atoms with Crippen LogP contribution in [0.1, 0.15) is 26.2 Å². The molecule has 0 bridgehead atoms. The number of rotatable bonds is 3. The lowest BCUT2D eigenvalue weighted by Crippen LogP contribution is -2.48. The molecule has 0 saturated carbocycles. The third kappa shape index (κ3) is 3.91. The van der Waals surface area contributed by atoms with Crippen LogP contribution in [0.25, 0.3) is 0 Å². The van der Waals surface area contributed by atoms with E-state index in [9.17, 15) is 9.59 Å². The molecule has 0 unspecified atom stereocenters. The van der Waals surface area contributed by atoms with Crippen LogP contribution >= 0.6 is 0 Å². The van der Waals surface area contributed by atoms with E-state index in [4.69, 9.17) is 0 Å². The van der Waals surface area contributed by atoms with E-state index in [-0.39, 0.29) is 18.5 Å². The number of carbonyl (C=O) groups excluding carboxylic acids is 2. The SMILES string of the molecule is CCN(CC(=O)N(C)C)C(=O)N1CCCCC1. The zero-order chi connectivity index (χ0) is 12.8. The number of urea groups is 1. The third-order valence-corrected chi connectivity index (χ3v) is 3.10. The molecule has 0 aliphatic carbocycles. The third-order valence-electron chi connectivity index (χ3n) is 3.10. The van der Waals surface area contributed by atoms with Crippen LogP contribution in [0.3, 0.4) is 0 Å². The fraction of sp³-hybridized carbons (Fsp3) is 0.833. The number of piperidine rings is 1. The summed E-state index contributed by atoms with van der Waals surface area (Å²) in [6.07, 6.45) is 3.35.